The molecular formula is C17H29N3O2. The fourth-order valence-corrected chi connectivity index (χ4v) is 3.96. The Balaban J connectivity index is 1.41. The molecule has 2 aliphatic carbocycles. The first-order valence-electron chi connectivity index (χ1n) is 8.87. The number of nitrogens with zero attached hydrogens (tertiary/aromatic N) is 2. The summed E-state index contributed by atoms with van der Waals surface area (Å²) in [6.07, 6.45) is 8.71. The van der Waals surface area contributed by atoms with Crippen molar-refractivity contribution in [1.29, 1.82) is 0 Å². The Labute approximate surface area is 133 Å². The Morgan fingerprint density at radius 3 is 2.50 bits per heavy atom. The Morgan fingerprint density at radius 2 is 1.77 bits per heavy atom. The van der Waals surface area contributed by atoms with Crippen molar-refractivity contribution in [2.75, 3.05) is 33.2 Å². The second-order valence-electron chi connectivity index (χ2n) is 7.45. The van der Waals surface area contributed by atoms with E-state index in [4.69, 9.17) is 0 Å². The van der Waals surface area contributed by atoms with E-state index in [0.29, 0.717) is 19.1 Å². The third-order valence-corrected chi connectivity index (χ3v) is 5.41. The fraction of sp³-hybridized carbons (Fsp3) is 0.882. The maximum atomic E-state index is 12.5. The molecule has 0 aromatic carbocycles. The molecule has 1 aliphatic heterocycles. The Morgan fingerprint density at radius 1 is 1.05 bits per heavy atom. The van der Waals surface area contributed by atoms with Crippen LogP contribution in [0.25, 0.3) is 0 Å². The number of carbonyl (C=O) groups excluding carboxylic acids is 2. The molecule has 0 radical (unpaired) electrons. The zero-order chi connectivity index (χ0) is 15.5. The van der Waals surface area contributed by atoms with Crippen LogP contribution in [0.3, 0.4) is 0 Å². The van der Waals surface area contributed by atoms with Crippen LogP contribution in [0.5, 0.6) is 0 Å². The van der Waals surface area contributed by atoms with E-state index in [9.17, 15) is 9.59 Å². The SMILES string of the molecule is CN(CC(=O)NC1CC1)CC(=O)N1CC[C@H]2CCCC[C@@H]2C1. The lowest BCUT2D eigenvalue weighted by Crippen LogP contribution is -2.48. The maximum Gasteiger partial charge on any atom is 0.236 e. The normalized spacial score (nSPS) is 28.4. The Kier molecular flexibility index (Phi) is 5.01. The Hall–Kier alpha value is -1.10. The molecule has 3 rings (SSSR count). The third kappa shape index (κ3) is 4.22. The van der Waals surface area contributed by atoms with Gasteiger partial charge >= 0.3 is 0 Å². The van der Waals surface area contributed by atoms with E-state index < -0.39 is 0 Å². The lowest BCUT2D eigenvalue weighted by molar-refractivity contribution is -0.135. The topological polar surface area (TPSA) is 52.7 Å². The number of piperidine rings is 1. The number of rotatable bonds is 5. The molecule has 0 aromatic heterocycles. The summed E-state index contributed by atoms with van der Waals surface area (Å²) in [5.74, 6) is 1.80. The van der Waals surface area contributed by atoms with Crippen molar-refractivity contribution in [2.45, 2.75) is 51.0 Å². The number of hydrogen-bond acceptors (Lipinski definition) is 3. The minimum Gasteiger partial charge on any atom is -0.352 e. The molecule has 3 fully saturated rings. The number of fused-ring (bicyclic) bond motifs is 1. The standard InChI is InChI=1S/C17H29N3O2/c1-19(11-16(21)18-15-6-7-15)12-17(22)20-9-8-13-4-2-3-5-14(13)10-20/h13-15H,2-12H2,1H3,(H,18,21)/t13-,14-/m1/s1. The summed E-state index contributed by atoms with van der Waals surface area (Å²) in [7, 11) is 1.86. The first-order valence-corrected chi connectivity index (χ1v) is 8.87. The molecule has 1 heterocycles. The first-order chi connectivity index (χ1) is 10.6. The summed E-state index contributed by atoms with van der Waals surface area (Å²) < 4.78 is 0. The molecule has 0 spiro atoms. The van der Waals surface area contributed by atoms with Crippen molar-refractivity contribution >= 4 is 11.8 Å². The van der Waals surface area contributed by atoms with Gasteiger partial charge in [-0.05, 0) is 44.6 Å². The Bertz CT molecular complexity index is 422. The number of likely N-dealkylation sites (N-methyl/N-ethyl adjacent to an activating group) is 1. The van der Waals surface area contributed by atoms with E-state index in [2.05, 4.69) is 5.32 Å². The zero-order valence-corrected chi connectivity index (χ0v) is 13.7. The van der Waals surface area contributed by atoms with Crippen LogP contribution in [0, 0.1) is 11.8 Å². The number of likely N-dealkylation sites (tertiary alicyclic amines) is 1. The highest BCUT2D eigenvalue weighted by Crippen LogP contribution is 2.36. The van der Waals surface area contributed by atoms with E-state index in [0.717, 1.165) is 37.8 Å². The van der Waals surface area contributed by atoms with Crippen LogP contribution < -0.4 is 5.32 Å². The molecular weight excluding hydrogens is 278 g/mol. The molecule has 1 N–H and O–H groups in total. The van der Waals surface area contributed by atoms with Crippen molar-refractivity contribution in [3.8, 4) is 0 Å². The number of hydrogen-bond donors (Lipinski definition) is 1. The lowest BCUT2D eigenvalue weighted by atomic mass is 9.75. The second kappa shape index (κ2) is 6.99. The van der Waals surface area contributed by atoms with Crippen LogP contribution in [0.2, 0.25) is 0 Å². The van der Waals surface area contributed by atoms with Gasteiger partial charge in [-0.3, -0.25) is 14.5 Å². The highest BCUT2D eigenvalue weighted by Gasteiger charge is 2.33. The molecule has 2 atom stereocenters. The van der Waals surface area contributed by atoms with Gasteiger partial charge in [0, 0.05) is 19.1 Å². The lowest BCUT2D eigenvalue weighted by Gasteiger charge is -2.41. The minimum atomic E-state index is 0.0452. The molecule has 2 amide bonds. The van der Waals surface area contributed by atoms with Gasteiger partial charge in [-0.1, -0.05) is 19.3 Å². The molecule has 22 heavy (non-hydrogen) atoms. The first kappa shape index (κ1) is 15.8. The van der Waals surface area contributed by atoms with Gasteiger partial charge in [-0.15, -0.1) is 0 Å². The summed E-state index contributed by atoms with van der Waals surface area (Å²) in [6.45, 7) is 2.52. The van der Waals surface area contributed by atoms with Crippen molar-refractivity contribution < 1.29 is 9.59 Å². The van der Waals surface area contributed by atoms with Gasteiger partial charge < -0.3 is 10.2 Å². The molecule has 0 aromatic rings. The molecule has 5 nitrogen and oxygen atoms in total. The van der Waals surface area contributed by atoms with Crippen molar-refractivity contribution in [3.63, 3.8) is 0 Å². The smallest absolute Gasteiger partial charge is 0.236 e. The van der Waals surface area contributed by atoms with Crippen LogP contribution in [0.15, 0.2) is 0 Å². The van der Waals surface area contributed by atoms with Crippen molar-refractivity contribution in [1.82, 2.24) is 15.1 Å². The largest absolute Gasteiger partial charge is 0.352 e. The van der Waals surface area contributed by atoms with Gasteiger partial charge in [0.05, 0.1) is 13.1 Å². The zero-order valence-electron chi connectivity index (χ0n) is 13.7. The highest BCUT2D eigenvalue weighted by molar-refractivity contribution is 5.81. The van der Waals surface area contributed by atoms with Crippen molar-refractivity contribution in [3.05, 3.63) is 0 Å². The van der Waals surface area contributed by atoms with E-state index in [-0.39, 0.29) is 11.8 Å². The number of nitrogens with one attached hydrogen (secondary N) is 1. The van der Waals surface area contributed by atoms with Crippen molar-refractivity contribution in [2.24, 2.45) is 11.8 Å². The van der Waals surface area contributed by atoms with Gasteiger partial charge in [0.2, 0.25) is 11.8 Å². The maximum absolute atomic E-state index is 12.5. The van der Waals surface area contributed by atoms with E-state index in [1.807, 2.05) is 16.8 Å². The predicted molar refractivity (Wildman–Crippen MR) is 85.3 cm³/mol. The molecule has 0 bridgehead atoms. The minimum absolute atomic E-state index is 0.0452. The van der Waals surface area contributed by atoms with Gasteiger partial charge in [0.15, 0.2) is 0 Å². The van der Waals surface area contributed by atoms with Gasteiger partial charge in [-0.2, -0.15) is 0 Å². The highest BCUT2D eigenvalue weighted by atomic mass is 16.2. The molecule has 124 valence electrons. The van der Waals surface area contributed by atoms with Gasteiger partial charge in [0.1, 0.15) is 0 Å². The number of amides is 2. The predicted octanol–water partition coefficient (Wildman–Crippen LogP) is 1.24. The number of carbonyl (C=O) groups is 2. The monoisotopic (exact) mass is 307 g/mol. The van der Waals surface area contributed by atoms with E-state index >= 15 is 0 Å². The second-order valence-corrected chi connectivity index (χ2v) is 7.45. The van der Waals surface area contributed by atoms with Crippen LogP contribution in [-0.4, -0.2) is 60.9 Å². The molecule has 0 unspecified atom stereocenters. The van der Waals surface area contributed by atoms with E-state index in [1.54, 1.807) is 0 Å². The molecule has 2 saturated carbocycles. The average Bonchev–Trinajstić information content (AvgIpc) is 3.30. The van der Waals surface area contributed by atoms with Crippen LogP contribution in [-0.2, 0) is 9.59 Å². The summed E-state index contributed by atoms with van der Waals surface area (Å²) >= 11 is 0. The van der Waals surface area contributed by atoms with Crippen LogP contribution in [0.4, 0.5) is 0 Å². The van der Waals surface area contributed by atoms with Crippen LogP contribution >= 0.6 is 0 Å². The van der Waals surface area contributed by atoms with Gasteiger partial charge in [-0.25, -0.2) is 0 Å². The summed E-state index contributed by atoms with van der Waals surface area (Å²) in [5.41, 5.74) is 0. The molecule has 5 heteroatoms. The summed E-state index contributed by atoms with van der Waals surface area (Å²) in [6, 6.07) is 0.391. The summed E-state index contributed by atoms with van der Waals surface area (Å²) in [4.78, 5) is 28.1. The molecule has 1 saturated heterocycles. The van der Waals surface area contributed by atoms with Crippen LogP contribution in [0.1, 0.15) is 44.9 Å². The third-order valence-electron chi connectivity index (χ3n) is 5.41. The molecule has 3 aliphatic rings. The summed E-state index contributed by atoms with van der Waals surface area (Å²) in [5, 5.41) is 2.97. The fourth-order valence-electron chi connectivity index (χ4n) is 3.96. The quantitative estimate of drug-likeness (QED) is 0.831. The van der Waals surface area contributed by atoms with Gasteiger partial charge in [0.25, 0.3) is 0 Å². The van der Waals surface area contributed by atoms with E-state index in [1.165, 1.54) is 32.1 Å². The average molecular weight is 307 g/mol.